The zero-order valence-electron chi connectivity index (χ0n) is 29.3. The van der Waals surface area contributed by atoms with E-state index in [0.717, 1.165) is 134 Å². The van der Waals surface area contributed by atoms with Crippen molar-refractivity contribution in [1.82, 2.24) is 35.0 Å². The van der Waals surface area contributed by atoms with Gasteiger partial charge in [0.25, 0.3) is 0 Å². The van der Waals surface area contributed by atoms with E-state index in [4.69, 9.17) is 9.57 Å². The summed E-state index contributed by atoms with van der Waals surface area (Å²) in [5, 5.41) is 5.14. The number of ether oxygens (including phenoxy) is 1. The summed E-state index contributed by atoms with van der Waals surface area (Å²) in [6.45, 7) is 20.7. The minimum absolute atomic E-state index is 0.0438. The second-order valence-corrected chi connectivity index (χ2v) is 14.8. The highest BCUT2D eigenvalue weighted by Gasteiger charge is 2.39. The maximum Gasteiger partial charge on any atom is 0.240 e. The van der Waals surface area contributed by atoms with Crippen LogP contribution in [0.5, 0.6) is 0 Å². The maximum atomic E-state index is 13.3. The molecule has 4 aliphatic rings. The summed E-state index contributed by atoms with van der Waals surface area (Å²) in [5.74, 6) is 6.95. The lowest BCUT2D eigenvalue weighted by Crippen LogP contribution is -2.56. The second kappa shape index (κ2) is 17.0. The lowest BCUT2D eigenvalue weighted by Gasteiger charge is -2.46. The molecular weight excluding hydrogens is 623 g/mol. The van der Waals surface area contributed by atoms with Crippen molar-refractivity contribution < 1.29 is 14.4 Å². The van der Waals surface area contributed by atoms with Gasteiger partial charge in [0.15, 0.2) is 0 Å². The van der Waals surface area contributed by atoms with Crippen LogP contribution in [0.4, 0.5) is 0 Å². The normalized spacial score (nSPS) is 23.6. The Hall–Kier alpha value is -2.40. The van der Waals surface area contributed by atoms with Crippen LogP contribution < -0.4 is 5.32 Å². The molecule has 1 N–H and O–H groups in total. The van der Waals surface area contributed by atoms with Gasteiger partial charge in [0.05, 0.1) is 54.0 Å². The van der Waals surface area contributed by atoms with Crippen LogP contribution in [-0.2, 0) is 14.4 Å². The molecule has 11 heteroatoms. The number of amides is 1. The number of benzene rings is 1. The maximum absolute atomic E-state index is 13.3. The van der Waals surface area contributed by atoms with E-state index in [9.17, 15) is 4.79 Å². The number of morpholine rings is 1. The number of piperazine rings is 1. The van der Waals surface area contributed by atoms with Gasteiger partial charge >= 0.3 is 0 Å². The fourth-order valence-corrected chi connectivity index (χ4v) is 8.29. The lowest BCUT2D eigenvalue weighted by molar-refractivity contribution is -0.179. The zero-order chi connectivity index (χ0) is 33.3. The third-order valence-corrected chi connectivity index (χ3v) is 11.7. The quantitative estimate of drug-likeness (QED) is 0.360. The molecule has 0 saturated carbocycles. The molecule has 2 atom stereocenters. The SMILES string of the molecule is CCN1CCC2(CC1)CN(CC#CCN1CCN(CCON3CCC[C@H]3C(=O)N[C@@H](C)c3ccc(-c4scnc4C)cc3)CC1)CCO2. The molecule has 10 nitrogen and oxygen atoms in total. The molecule has 0 bridgehead atoms. The Morgan fingerprint density at radius 2 is 1.75 bits per heavy atom. The van der Waals surface area contributed by atoms with Crippen LogP contribution in [0.1, 0.15) is 56.8 Å². The highest BCUT2D eigenvalue weighted by molar-refractivity contribution is 7.13. The predicted molar refractivity (Wildman–Crippen MR) is 192 cm³/mol. The second-order valence-electron chi connectivity index (χ2n) is 13.9. The summed E-state index contributed by atoms with van der Waals surface area (Å²) in [5.41, 5.74) is 5.24. The van der Waals surface area contributed by atoms with Gasteiger partial charge < -0.3 is 15.0 Å². The zero-order valence-corrected chi connectivity index (χ0v) is 30.1. The van der Waals surface area contributed by atoms with Gasteiger partial charge in [0.1, 0.15) is 6.04 Å². The standard InChI is InChI=1S/C37H55N7O3S/c1-4-40-18-13-37(14-19-40)28-43(24-26-46-37)16-6-5-15-41-20-22-42(23-21-41)25-27-47-44-17-7-8-34(44)36(45)39-30(2)32-9-11-33(12-10-32)35-31(3)38-29-48-35/h9-12,29-30,34H,4,7-8,13-28H2,1-3H3,(H,39,45)/t30-,34-/m0/s1. The van der Waals surface area contributed by atoms with Gasteiger partial charge in [-0.2, -0.15) is 5.06 Å². The number of nitrogens with one attached hydrogen (secondary N) is 1. The topological polar surface area (TPSA) is 76.7 Å². The predicted octanol–water partition coefficient (Wildman–Crippen LogP) is 3.50. The minimum atomic E-state index is -0.237. The van der Waals surface area contributed by atoms with Gasteiger partial charge in [-0.25, -0.2) is 4.98 Å². The highest BCUT2D eigenvalue weighted by atomic mass is 32.1. The average molecular weight is 678 g/mol. The number of rotatable bonds is 11. The Labute approximate surface area is 291 Å². The number of hydrogen-bond donors (Lipinski definition) is 1. The summed E-state index contributed by atoms with van der Waals surface area (Å²) >= 11 is 1.66. The molecule has 4 fully saturated rings. The Morgan fingerprint density at radius 1 is 1.02 bits per heavy atom. The van der Waals surface area contributed by atoms with E-state index in [-0.39, 0.29) is 23.6 Å². The Balaban J connectivity index is 0.858. The van der Waals surface area contributed by atoms with Crippen LogP contribution >= 0.6 is 11.3 Å². The van der Waals surface area contributed by atoms with Crippen molar-refractivity contribution >= 4 is 17.2 Å². The first kappa shape index (κ1) is 35.4. The molecule has 0 aliphatic carbocycles. The van der Waals surface area contributed by atoms with Gasteiger partial charge in [0.2, 0.25) is 5.91 Å². The molecule has 48 heavy (non-hydrogen) atoms. The molecule has 1 aromatic carbocycles. The highest BCUT2D eigenvalue weighted by Crippen LogP contribution is 2.30. The van der Waals surface area contributed by atoms with Crippen molar-refractivity contribution in [3.63, 3.8) is 0 Å². The first-order chi connectivity index (χ1) is 23.4. The Bertz CT molecular complexity index is 1380. The summed E-state index contributed by atoms with van der Waals surface area (Å²) in [6, 6.07) is 8.14. The Morgan fingerprint density at radius 3 is 2.46 bits per heavy atom. The van der Waals surface area contributed by atoms with Crippen molar-refractivity contribution in [2.24, 2.45) is 0 Å². The first-order valence-electron chi connectivity index (χ1n) is 18.1. The van der Waals surface area contributed by atoms with Gasteiger partial charge in [-0.15, -0.1) is 11.3 Å². The van der Waals surface area contributed by atoms with Crippen LogP contribution in [0.3, 0.4) is 0 Å². The van der Waals surface area contributed by atoms with Crippen LogP contribution in [0.15, 0.2) is 29.8 Å². The third kappa shape index (κ3) is 9.23. The number of piperidine rings is 1. The number of aromatic nitrogens is 1. The lowest BCUT2D eigenvalue weighted by atomic mass is 9.89. The third-order valence-electron chi connectivity index (χ3n) is 10.7. The minimum Gasteiger partial charge on any atom is -0.372 e. The number of aryl methyl sites for hydroxylation is 1. The molecule has 1 amide bonds. The number of carbonyl (C=O) groups is 1. The number of thiazole rings is 1. The van der Waals surface area contributed by atoms with Gasteiger partial charge in [-0.3, -0.25) is 24.3 Å². The van der Waals surface area contributed by atoms with E-state index in [2.05, 4.69) is 72.9 Å². The number of likely N-dealkylation sites (tertiary alicyclic amines) is 1. The van der Waals surface area contributed by atoms with Gasteiger partial charge in [-0.05, 0) is 57.2 Å². The molecule has 0 unspecified atom stereocenters. The van der Waals surface area contributed by atoms with E-state index >= 15 is 0 Å². The summed E-state index contributed by atoms with van der Waals surface area (Å²) in [6.07, 6.45) is 4.07. The van der Waals surface area contributed by atoms with Crippen molar-refractivity contribution in [3.05, 3.63) is 41.0 Å². The summed E-state index contributed by atoms with van der Waals surface area (Å²) in [4.78, 5) is 34.9. The molecule has 2 aromatic rings. The first-order valence-corrected chi connectivity index (χ1v) is 19.0. The van der Waals surface area contributed by atoms with Crippen LogP contribution in [0.25, 0.3) is 10.4 Å². The van der Waals surface area contributed by atoms with Crippen LogP contribution in [0, 0.1) is 18.8 Å². The monoisotopic (exact) mass is 677 g/mol. The van der Waals surface area contributed by atoms with E-state index < -0.39 is 0 Å². The van der Waals surface area contributed by atoms with E-state index in [1.807, 2.05) is 24.4 Å². The number of nitrogens with zero attached hydrogens (tertiary/aromatic N) is 6. The fraction of sp³-hybridized carbons (Fsp3) is 0.676. The van der Waals surface area contributed by atoms with Crippen molar-refractivity contribution in [2.75, 3.05) is 98.3 Å². The summed E-state index contributed by atoms with van der Waals surface area (Å²) in [7, 11) is 0. The van der Waals surface area contributed by atoms with E-state index in [0.29, 0.717) is 6.61 Å². The Kier molecular flexibility index (Phi) is 12.6. The van der Waals surface area contributed by atoms with Crippen molar-refractivity contribution in [1.29, 1.82) is 0 Å². The largest absolute Gasteiger partial charge is 0.372 e. The molecule has 5 heterocycles. The van der Waals surface area contributed by atoms with Crippen molar-refractivity contribution in [2.45, 2.75) is 64.1 Å². The number of hydroxylamine groups is 2. The van der Waals surface area contributed by atoms with Crippen LogP contribution in [-0.4, -0.2) is 145 Å². The van der Waals surface area contributed by atoms with Crippen molar-refractivity contribution in [3.8, 4) is 22.3 Å². The fourth-order valence-electron chi connectivity index (χ4n) is 7.48. The molecular formula is C37H55N7O3S. The van der Waals surface area contributed by atoms with Gasteiger partial charge in [-0.1, -0.05) is 43.0 Å². The summed E-state index contributed by atoms with van der Waals surface area (Å²) < 4.78 is 6.30. The molecule has 4 aliphatic heterocycles. The molecule has 1 aromatic heterocycles. The smallest absolute Gasteiger partial charge is 0.240 e. The van der Waals surface area contributed by atoms with E-state index in [1.165, 1.54) is 4.88 Å². The molecule has 262 valence electrons. The average Bonchev–Trinajstić information content (AvgIpc) is 3.77. The molecule has 6 rings (SSSR count). The van der Waals surface area contributed by atoms with Gasteiger partial charge in [0, 0.05) is 65.4 Å². The molecule has 4 saturated heterocycles. The molecule has 0 radical (unpaired) electrons. The number of hydrogen-bond acceptors (Lipinski definition) is 10. The van der Waals surface area contributed by atoms with Crippen LogP contribution in [0.2, 0.25) is 0 Å². The molecule has 1 spiro atoms. The van der Waals surface area contributed by atoms with E-state index in [1.54, 1.807) is 11.3 Å². The number of carbonyl (C=O) groups excluding carboxylic acids is 1.